The van der Waals surface area contributed by atoms with E-state index in [1.807, 2.05) is 31.2 Å². The number of hydrogen-bond donors (Lipinski definition) is 3. The normalized spacial score (nSPS) is 12.3. The van der Waals surface area contributed by atoms with Gasteiger partial charge in [0.25, 0.3) is 0 Å². The van der Waals surface area contributed by atoms with Gasteiger partial charge in [-0.1, -0.05) is 29.8 Å². The molecule has 1 aromatic carbocycles. The van der Waals surface area contributed by atoms with Gasteiger partial charge in [-0.25, -0.2) is 0 Å². The van der Waals surface area contributed by atoms with E-state index in [4.69, 9.17) is 5.73 Å². The van der Waals surface area contributed by atoms with Gasteiger partial charge in [0.2, 0.25) is 5.91 Å². The zero-order valence-electron chi connectivity index (χ0n) is 11.3. The summed E-state index contributed by atoms with van der Waals surface area (Å²) in [6.07, 6.45) is -0.536. The number of primary amides is 1. The Morgan fingerprint density at radius 1 is 1.40 bits per heavy atom. The highest BCUT2D eigenvalue weighted by Crippen LogP contribution is 2.15. The summed E-state index contributed by atoms with van der Waals surface area (Å²) < 4.78 is 0. The molecule has 4 nitrogen and oxygen atoms in total. The first-order valence-corrected chi connectivity index (χ1v) is 7.27. The SMILES string of the molecule is Cc1ccc(C(O)CNCc2cc(C(N)=O)cs2)cc1. The van der Waals surface area contributed by atoms with Crippen LogP contribution in [-0.4, -0.2) is 17.6 Å². The van der Waals surface area contributed by atoms with Crippen molar-refractivity contribution in [3.63, 3.8) is 0 Å². The number of carbonyl (C=O) groups excluding carboxylic acids is 1. The third-order valence-corrected chi connectivity index (χ3v) is 3.97. The second-order valence-electron chi connectivity index (χ2n) is 4.72. The first kappa shape index (κ1) is 14.7. The van der Waals surface area contributed by atoms with Crippen LogP contribution in [0.15, 0.2) is 35.7 Å². The highest BCUT2D eigenvalue weighted by Gasteiger charge is 2.08. The Bertz CT molecular complexity index is 578. The summed E-state index contributed by atoms with van der Waals surface area (Å²) in [6, 6.07) is 9.60. The summed E-state index contributed by atoms with van der Waals surface area (Å²) in [4.78, 5) is 12.0. The highest BCUT2D eigenvalue weighted by molar-refractivity contribution is 7.10. The summed E-state index contributed by atoms with van der Waals surface area (Å²) in [5.74, 6) is -0.410. The summed E-state index contributed by atoms with van der Waals surface area (Å²) in [6.45, 7) is 3.09. The number of benzene rings is 1. The summed E-state index contributed by atoms with van der Waals surface area (Å²) in [5.41, 5.74) is 7.80. The number of aliphatic hydroxyl groups is 1. The van der Waals surface area contributed by atoms with Crippen molar-refractivity contribution >= 4 is 17.2 Å². The molecule has 106 valence electrons. The topological polar surface area (TPSA) is 75.3 Å². The van der Waals surface area contributed by atoms with E-state index in [9.17, 15) is 9.90 Å². The molecule has 1 amide bonds. The monoisotopic (exact) mass is 290 g/mol. The lowest BCUT2D eigenvalue weighted by molar-refractivity contribution is 0.100. The third-order valence-electron chi connectivity index (χ3n) is 3.04. The maximum atomic E-state index is 11.0. The summed E-state index contributed by atoms with van der Waals surface area (Å²) in [7, 11) is 0. The Hall–Kier alpha value is -1.69. The predicted octanol–water partition coefficient (Wildman–Crippen LogP) is 1.98. The molecule has 0 aliphatic carbocycles. The van der Waals surface area contributed by atoms with Gasteiger partial charge in [-0.2, -0.15) is 0 Å². The molecule has 0 saturated heterocycles. The lowest BCUT2D eigenvalue weighted by Crippen LogP contribution is -2.20. The number of nitrogens with two attached hydrogens (primary N) is 1. The van der Waals surface area contributed by atoms with Gasteiger partial charge in [0.1, 0.15) is 0 Å². The molecular weight excluding hydrogens is 272 g/mol. The number of aliphatic hydroxyl groups excluding tert-OH is 1. The highest BCUT2D eigenvalue weighted by atomic mass is 32.1. The van der Waals surface area contributed by atoms with Gasteiger partial charge in [-0.3, -0.25) is 4.79 Å². The van der Waals surface area contributed by atoms with Crippen LogP contribution in [0.25, 0.3) is 0 Å². The molecule has 0 aliphatic heterocycles. The molecule has 1 atom stereocenters. The standard InChI is InChI=1S/C15H18N2O2S/c1-10-2-4-11(5-3-10)14(18)8-17-7-13-6-12(9-20-13)15(16)19/h2-6,9,14,17-18H,7-8H2,1H3,(H2,16,19). The fourth-order valence-electron chi connectivity index (χ4n) is 1.84. The molecular formula is C15H18N2O2S. The van der Waals surface area contributed by atoms with Crippen LogP contribution in [0.4, 0.5) is 0 Å². The van der Waals surface area contributed by atoms with E-state index in [1.165, 1.54) is 16.9 Å². The first-order valence-electron chi connectivity index (χ1n) is 6.39. The number of nitrogens with one attached hydrogen (secondary N) is 1. The molecule has 2 aromatic rings. The Kier molecular flexibility index (Phi) is 4.89. The quantitative estimate of drug-likeness (QED) is 0.761. The van der Waals surface area contributed by atoms with Crippen LogP contribution in [-0.2, 0) is 6.54 Å². The molecule has 2 rings (SSSR count). The van der Waals surface area contributed by atoms with Crippen LogP contribution in [0.5, 0.6) is 0 Å². The number of amides is 1. The number of thiophene rings is 1. The van der Waals surface area contributed by atoms with Crippen molar-refractivity contribution in [1.82, 2.24) is 5.32 Å². The maximum Gasteiger partial charge on any atom is 0.249 e. The Morgan fingerprint density at radius 3 is 2.70 bits per heavy atom. The van der Waals surface area contributed by atoms with Crippen LogP contribution in [0.1, 0.15) is 32.5 Å². The van der Waals surface area contributed by atoms with Crippen molar-refractivity contribution in [3.8, 4) is 0 Å². The summed E-state index contributed by atoms with van der Waals surface area (Å²) in [5, 5.41) is 15.0. The zero-order valence-corrected chi connectivity index (χ0v) is 12.1. The van der Waals surface area contributed by atoms with Crippen LogP contribution in [0.3, 0.4) is 0 Å². The van der Waals surface area contributed by atoms with Crippen molar-refractivity contribution in [1.29, 1.82) is 0 Å². The third kappa shape index (κ3) is 3.90. The zero-order chi connectivity index (χ0) is 14.5. The van der Waals surface area contributed by atoms with Crippen LogP contribution in [0, 0.1) is 6.92 Å². The average molecular weight is 290 g/mol. The molecule has 0 spiro atoms. The van der Waals surface area contributed by atoms with Gasteiger partial charge < -0.3 is 16.2 Å². The molecule has 1 aromatic heterocycles. The summed E-state index contributed by atoms with van der Waals surface area (Å²) >= 11 is 1.48. The fourth-order valence-corrected chi connectivity index (χ4v) is 2.68. The second kappa shape index (κ2) is 6.65. The van der Waals surface area contributed by atoms with Crippen LogP contribution < -0.4 is 11.1 Å². The minimum atomic E-state index is -0.536. The molecule has 20 heavy (non-hydrogen) atoms. The van der Waals surface area contributed by atoms with E-state index < -0.39 is 12.0 Å². The Labute approximate surface area is 122 Å². The predicted molar refractivity (Wildman–Crippen MR) is 80.7 cm³/mol. The molecule has 1 heterocycles. The molecule has 4 N–H and O–H groups in total. The Morgan fingerprint density at radius 2 is 2.10 bits per heavy atom. The van der Waals surface area contributed by atoms with Crippen LogP contribution >= 0.6 is 11.3 Å². The van der Waals surface area contributed by atoms with E-state index >= 15 is 0 Å². The average Bonchev–Trinajstić information content (AvgIpc) is 2.88. The van der Waals surface area contributed by atoms with Crippen LogP contribution in [0.2, 0.25) is 0 Å². The van der Waals surface area contributed by atoms with Gasteiger partial charge in [-0.05, 0) is 18.6 Å². The van der Waals surface area contributed by atoms with Gasteiger partial charge in [0, 0.05) is 23.3 Å². The largest absolute Gasteiger partial charge is 0.387 e. The smallest absolute Gasteiger partial charge is 0.249 e. The van der Waals surface area contributed by atoms with Crippen molar-refractivity contribution in [2.24, 2.45) is 5.73 Å². The minimum Gasteiger partial charge on any atom is -0.387 e. The van der Waals surface area contributed by atoms with Crippen molar-refractivity contribution in [2.45, 2.75) is 19.6 Å². The van der Waals surface area contributed by atoms with Gasteiger partial charge >= 0.3 is 0 Å². The minimum absolute atomic E-state index is 0.410. The van der Waals surface area contributed by atoms with E-state index in [2.05, 4.69) is 5.32 Å². The molecule has 0 bridgehead atoms. The second-order valence-corrected chi connectivity index (χ2v) is 5.72. The molecule has 5 heteroatoms. The number of hydrogen-bond acceptors (Lipinski definition) is 4. The van der Waals surface area contributed by atoms with E-state index in [0.29, 0.717) is 18.7 Å². The molecule has 0 aliphatic rings. The fraction of sp³-hybridized carbons (Fsp3) is 0.267. The van der Waals surface area contributed by atoms with Crippen molar-refractivity contribution < 1.29 is 9.90 Å². The van der Waals surface area contributed by atoms with Gasteiger partial charge in [-0.15, -0.1) is 11.3 Å². The Balaban J connectivity index is 1.82. The first-order chi connectivity index (χ1) is 9.56. The lowest BCUT2D eigenvalue weighted by Gasteiger charge is -2.12. The van der Waals surface area contributed by atoms with E-state index in [1.54, 1.807) is 11.4 Å². The number of rotatable bonds is 6. The van der Waals surface area contributed by atoms with E-state index in [0.717, 1.165) is 10.4 Å². The van der Waals surface area contributed by atoms with Crippen molar-refractivity contribution in [2.75, 3.05) is 6.54 Å². The molecule has 0 radical (unpaired) electrons. The number of aryl methyl sites for hydroxylation is 1. The van der Waals surface area contributed by atoms with Crippen molar-refractivity contribution in [3.05, 3.63) is 57.3 Å². The van der Waals surface area contributed by atoms with E-state index in [-0.39, 0.29) is 0 Å². The maximum absolute atomic E-state index is 11.0. The number of carbonyl (C=O) groups is 1. The molecule has 0 fully saturated rings. The van der Waals surface area contributed by atoms with Gasteiger partial charge in [0.15, 0.2) is 0 Å². The molecule has 0 saturated carbocycles. The van der Waals surface area contributed by atoms with Gasteiger partial charge in [0.05, 0.1) is 11.7 Å². The lowest BCUT2D eigenvalue weighted by atomic mass is 10.1. The molecule has 1 unspecified atom stereocenters.